The zero-order valence-electron chi connectivity index (χ0n) is 9.53. The normalized spacial score (nSPS) is 12.6. The van der Waals surface area contributed by atoms with E-state index in [2.05, 4.69) is 4.74 Å². The van der Waals surface area contributed by atoms with Crippen LogP contribution in [0.3, 0.4) is 0 Å². The van der Waals surface area contributed by atoms with Crippen molar-refractivity contribution in [2.75, 3.05) is 7.11 Å². The standard InChI is InChI=1S/C12H15FO3/c1-7(2)8-4-9(6-10(13)5-8)11(14)12(15)16-3/h4-7,11,14H,1-3H3. The maximum Gasteiger partial charge on any atom is 0.339 e. The first-order valence-corrected chi connectivity index (χ1v) is 5.02. The van der Waals surface area contributed by atoms with E-state index in [9.17, 15) is 14.3 Å². The van der Waals surface area contributed by atoms with Crippen LogP contribution >= 0.6 is 0 Å². The minimum absolute atomic E-state index is 0.124. The average molecular weight is 226 g/mol. The number of ether oxygens (including phenoxy) is 1. The summed E-state index contributed by atoms with van der Waals surface area (Å²) in [7, 11) is 1.17. The molecule has 0 saturated carbocycles. The molecule has 88 valence electrons. The molecule has 1 aromatic rings. The van der Waals surface area contributed by atoms with Crippen molar-refractivity contribution >= 4 is 5.97 Å². The maximum absolute atomic E-state index is 13.3. The van der Waals surface area contributed by atoms with E-state index in [0.717, 1.165) is 11.6 Å². The molecule has 1 N–H and O–H groups in total. The molecule has 1 rings (SSSR count). The second-order valence-corrected chi connectivity index (χ2v) is 3.90. The number of carbonyl (C=O) groups excluding carboxylic acids is 1. The van der Waals surface area contributed by atoms with Crippen molar-refractivity contribution in [1.29, 1.82) is 0 Å². The summed E-state index contributed by atoms with van der Waals surface area (Å²) >= 11 is 0. The second-order valence-electron chi connectivity index (χ2n) is 3.90. The highest BCUT2D eigenvalue weighted by Gasteiger charge is 2.19. The highest BCUT2D eigenvalue weighted by Crippen LogP contribution is 2.22. The fourth-order valence-corrected chi connectivity index (χ4v) is 1.37. The lowest BCUT2D eigenvalue weighted by Crippen LogP contribution is -2.14. The first-order chi connectivity index (χ1) is 7.45. The van der Waals surface area contributed by atoms with Crippen LogP contribution in [0.5, 0.6) is 0 Å². The molecule has 0 aliphatic heterocycles. The number of methoxy groups -OCH3 is 1. The van der Waals surface area contributed by atoms with Gasteiger partial charge in [-0.15, -0.1) is 0 Å². The maximum atomic E-state index is 13.3. The summed E-state index contributed by atoms with van der Waals surface area (Å²) in [4.78, 5) is 11.1. The van der Waals surface area contributed by atoms with Gasteiger partial charge in [-0.2, -0.15) is 0 Å². The largest absolute Gasteiger partial charge is 0.467 e. The van der Waals surface area contributed by atoms with Crippen LogP contribution in [0.25, 0.3) is 0 Å². The third-order valence-corrected chi connectivity index (χ3v) is 2.35. The Balaban J connectivity index is 3.09. The predicted molar refractivity (Wildman–Crippen MR) is 57.5 cm³/mol. The lowest BCUT2D eigenvalue weighted by atomic mass is 9.98. The number of aliphatic hydroxyl groups excluding tert-OH is 1. The van der Waals surface area contributed by atoms with Crippen molar-refractivity contribution in [3.63, 3.8) is 0 Å². The Kier molecular flexibility index (Phi) is 4.01. The number of hydrogen-bond donors (Lipinski definition) is 1. The van der Waals surface area contributed by atoms with E-state index in [0.29, 0.717) is 0 Å². The fraction of sp³-hybridized carbons (Fsp3) is 0.417. The number of esters is 1. The molecular weight excluding hydrogens is 211 g/mol. The molecule has 16 heavy (non-hydrogen) atoms. The van der Waals surface area contributed by atoms with Crippen LogP contribution in [0.2, 0.25) is 0 Å². The van der Waals surface area contributed by atoms with Crippen molar-refractivity contribution in [1.82, 2.24) is 0 Å². The summed E-state index contributed by atoms with van der Waals surface area (Å²) in [6.45, 7) is 3.81. The Morgan fingerprint density at radius 1 is 1.31 bits per heavy atom. The number of halogens is 1. The SMILES string of the molecule is COC(=O)C(O)c1cc(F)cc(C(C)C)c1. The Labute approximate surface area is 93.9 Å². The van der Waals surface area contributed by atoms with Gasteiger partial charge in [-0.25, -0.2) is 9.18 Å². The molecule has 3 nitrogen and oxygen atoms in total. The van der Waals surface area contributed by atoms with Crippen molar-refractivity contribution in [2.24, 2.45) is 0 Å². The minimum Gasteiger partial charge on any atom is -0.467 e. The van der Waals surface area contributed by atoms with Gasteiger partial charge in [-0.1, -0.05) is 19.9 Å². The van der Waals surface area contributed by atoms with Gasteiger partial charge in [0.25, 0.3) is 0 Å². The number of hydrogen-bond acceptors (Lipinski definition) is 3. The number of aliphatic hydroxyl groups is 1. The van der Waals surface area contributed by atoms with Gasteiger partial charge in [0.05, 0.1) is 7.11 Å². The smallest absolute Gasteiger partial charge is 0.339 e. The predicted octanol–water partition coefficient (Wildman–Crippen LogP) is 2.16. The quantitative estimate of drug-likeness (QED) is 0.803. The summed E-state index contributed by atoms with van der Waals surface area (Å²) in [5.74, 6) is -1.14. The zero-order valence-corrected chi connectivity index (χ0v) is 9.53. The molecule has 1 aromatic carbocycles. The van der Waals surface area contributed by atoms with Crippen LogP contribution < -0.4 is 0 Å². The van der Waals surface area contributed by atoms with Crippen molar-refractivity contribution < 1.29 is 19.0 Å². The molecule has 0 fully saturated rings. The van der Waals surface area contributed by atoms with Crippen LogP contribution in [0.15, 0.2) is 18.2 Å². The van der Waals surface area contributed by atoms with E-state index in [1.165, 1.54) is 13.2 Å². The van der Waals surface area contributed by atoms with E-state index >= 15 is 0 Å². The van der Waals surface area contributed by atoms with Gasteiger partial charge in [-0.05, 0) is 29.2 Å². The molecule has 0 heterocycles. The van der Waals surface area contributed by atoms with Crippen molar-refractivity contribution in [2.45, 2.75) is 25.9 Å². The minimum atomic E-state index is -1.43. The molecule has 0 aliphatic carbocycles. The highest BCUT2D eigenvalue weighted by molar-refractivity contribution is 5.76. The van der Waals surface area contributed by atoms with E-state index < -0.39 is 17.9 Å². The molecule has 1 atom stereocenters. The number of carbonyl (C=O) groups is 1. The first kappa shape index (κ1) is 12.6. The highest BCUT2D eigenvalue weighted by atomic mass is 19.1. The Bertz CT molecular complexity index is 388. The van der Waals surface area contributed by atoms with Crippen LogP contribution in [-0.4, -0.2) is 18.2 Å². The summed E-state index contributed by atoms with van der Waals surface area (Å²) in [5.41, 5.74) is 0.952. The number of rotatable bonds is 3. The Hall–Kier alpha value is -1.42. The summed E-state index contributed by atoms with van der Waals surface area (Å²) in [6, 6.07) is 4.13. The molecule has 0 bridgehead atoms. The van der Waals surface area contributed by atoms with Crippen LogP contribution in [0, 0.1) is 5.82 Å². The molecule has 1 unspecified atom stereocenters. The summed E-state index contributed by atoms with van der Waals surface area (Å²) in [5, 5.41) is 9.58. The fourth-order valence-electron chi connectivity index (χ4n) is 1.37. The van der Waals surface area contributed by atoms with E-state index in [1.807, 2.05) is 13.8 Å². The third kappa shape index (κ3) is 2.79. The molecule has 0 radical (unpaired) electrons. The lowest BCUT2D eigenvalue weighted by Gasteiger charge is -2.12. The summed E-state index contributed by atoms with van der Waals surface area (Å²) in [6.07, 6.45) is -1.43. The third-order valence-electron chi connectivity index (χ3n) is 2.35. The second kappa shape index (κ2) is 5.07. The molecule has 0 spiro atoms. The van der Waals surface area contributed by atoms with Gasteiger partial charge in [-0.3, -0.25) is 0 Å². The van der Waals surface area contributed by atoms with Crippen LogP contribution in [-0.2, 0) is 9.53 Å². The lowest BCUT2D eigenvalue weighted by molar-refractivity contribution is -0.150. The van der Waals surface area contributed by atoms with E-state index in [-0.39, 0.29) is 11.5 Å². The van der Waals surface area contributed by atoms with Gasteiger partial charge in [0.2, 0.25) is 0 Å². The van der Waals surface area contributed by atoms with Gasteiger partial charge < -0.3 is 9.84 Å². The van der Waals surface area contributed by atoms with E-state index in [1.54, 1.807) is 6.07 Å². The first-order valence-electron chi connectivity index (χ1n) is 5.02. The molecule has 4 heteroatoms. The van der Waals surface area contributed by atoms with Gasteiger partial charge in [0.15, 0.2) is 6.10 Å². The van der Waals surface area contributed by atoms with Crippen molar-refractivity contribution in [3.05, 3.63) is 35.1 Å². The summed E-state index contributed by atoms with van der Waals surface area (Å²) < 4.78 is 17.6. The molecule has 0 aromatic heterocycles. The number of benzene rings is 1. The molecule has 0 aliphatic rings. The van der Waals surface area contributed by atoms with Gasteiger partial charge >= 0.3 is 5.97 Å². The Morgan fingerprint density at radius 3 is 2.38 bits per heavy atom. The van der Waals surface area contributed by atoms with Crippen LogP contribution in [0.1, 0.15) is 37.0 Å². The van der Waals surface area contributed by atoms with E-state index in [4.69, 9.17) is 0 Å². The van der Waals surface area contributed by atoms with Gasteiger partial charge in [0.1, 0.15) is 5.82 Å². The monoisotopic (exact) mass is 226 g/mol. The van der Waals surface area contributed by atoms with Crippen LogP contribution in [0.4, 0.5) is 4.39 Å². The Morgan fingerprint density at radius 2 is 1.88 bits per heavy atom. The van der Waals surface area contributed by atoms with Gasteiger partial charge in [0, 0.05) is 0 Å². The molecular formula is C12H15FO3. The average Bonchev–Trinajstić information content (AvgIpc) is 2.26. The molecule has 0 saturated heterocycles. The topological polar surface area (TPSA) is 46.5 Å². The molecule has 0 amide bonds. The van der Waals surface area contributed by atoms with Crippen molar-refractivity contribution in [3.8, 4) is 0 Å². The zero-order chi connectivity index (χ0) is 12.3.